The van der Waals surface area contributed by atoms with Crippen molar-refractivity contribution in [3.63, 3.8) is 0 Å². The van der Waals surface area contributed by atoms with Crippen molar-refractivity contribution in [1.29, 1.82) is 0 Å². The molecule has 0 aliphatic rings. The summed E-state index contributed by atoms with van der Waals surface area (Å²) in [5, 5.41) is 5.26. The Kier molecular flexibility index (Phi) is 10.2. The average molecular weight is 281 g/mol. The Morgan fingerprint density at radius 2 is 2.00 bits per heavy atom. The van der Waals surface area contributed by atoms with Crippen LogP contribution in [0.4, 0.5) is 13.2 Å². The zero-order valence-electron chi connectivity index (χ0n) is 9.06. The molecule has 0 rings (SSSR count). The van der Waals surface area contributed by atoms with Gasteiger partial charge in [0.15, 0.2) is 0 Å². The first kappa shape index (κ1) is 18.2. The maximum Gasteiger partial charge on any atom is 0.441 e. The van der Waals surface area contributed by atoms with Crippen molar-refractivity contribution >= 4 is 30.1 Å². The van der Waals surface area contributed by atoms with E-state index in [1.807, 2.05) is 0 Å². The van der Waals surface area contributed by atoms with Gasteiger partial charge in [-0.05, 0) is 18.8 Å². The van der Waals surface area contributed by atoms with Crippen LogP contribution in [0.5, 0.6) is 0 Å². The van der Waals surface area contributed by atoms with E-state index in [9.17, 15) is 18.0 Å². The Bertz CT molecular complexity index is 204. The number of nitrogens with one attached hydrogen (secondary N) is 2. The van der Waals surface area contributed by atoms with Crippen LogP contribution in [0.2, 0.25) is 0 Å². The zero-order chi connectivity index (χ0) is 11.9. The van der Waals surface area contributed by atoms with Crippen LogP contribution in [0.15, 0.2) is 0 Å². The van der Waals surface area contributed by atoms with Crippen molar-refractivity contribution in [1.82, 2.24) is 10.6 Å². The number of alkyl halides is 3. The topological polar surface area (TPSA) is 41.1 Å². The molecule has 1 atom stereocenters. The van der Waals surface area contributed by atoms with Crippen molar-refractivity contribution in [2.24, 2.45) is 5.92 Å². The monoisotopic (exact) mass is 280 g/mol. The summed E-state index contributed by atoms with van der Waals surface area (Å²) in [6, 6.07) is 0. The number of carbonyl (C=O) groups excluding carboxylic acids is 1. The van der Waals surface area contributed by atoms with Gasteiger partial charge in [0.1, 0.15) is 0 Å². The number of rotatable bonds is 6. The largest absolute Gasteiger partial charge is 0.441 e. The normalized spacial score (nSPS) is 12.8. The van der Waals surface area contributed by atoms with E-state index in [0.29, 0.717) is 6.54 Å². The fourth-order valence-corrected chi connectivity index (χ4v) is 1.35. The number of thioether (sulfide) groups is 1. The maximum atomic E-state index is 11.7. The lowest BCUT2D eigenvalue weighted by Crippen LogP contribution is -2.35. The molecule has 3 nitrogen and oxygen atoms in total. The van der Waals surface area contributed by atoms with Crippen LogP contribution in [0, 0.1) is 5.92 Å². The Balaban J connectivity index is 0. The highest BCUT2D eigenvalue weighted by Crippen LogP contribution is 2.29. The molecular formula is C8H16ClF3N2OS. The van der Waals surface area contributed by atoms with Crippen LogP contribution in [-0.2, 0) is 4.79 Å². The number of carbonyl (C=O) groups is 1. The standard InChI is InChI=1S/C8H15F3N2OS.ClH/c1-6(5-12-2)7(14)13-3-4-15-8(9,10)11;/h6,12H,3-5H2,1-2H3,(H,13,14);1H. The third-order valence-electron chi connectivity index (χ3n) is 1.62. The summed E-state index contributed by atoms with van der Waals surface area (Å²) >= 11 is -0.130. The summed E-state index contributed by atoms with van der Waals surface area (Å²) in [5.74, 6) is -0.611. The first-order valence-electron chi connectivity index (χ1n) is 4.50. The number of hydrogen-bond donors (Lipinski definition) is 2. The molecule has 8 heteroatoms. The van der Waals surface area contributed by atoms with Crippen LogP contribution in [0.1, 0.15) is 6.92 Å². The lowest BCUT2D eigenvalue weighted by Gasteiger charge is -2.11. The number of hydrogen-bond acceptors (Lipinski definition) is 3. The number of halogens is 4. The van der Waals surface area contributed by atoms with Gasteiger partial charge < -0.3 is 10.6 Å². The predicted octanol–water partition coefficient (Wildman–Crippen LogP) is 1.63. The Morgan fingerprint density at radius 3 is 2.44 bits per heavy atom. The van der Waals surface area contributed by atoms with Crippen LogP contribution >= 0.6 is 24.2 Å². The highest BCUT2D eigenvalue weighted by molar-refractivity contribution is 8.00. The SMILES string of the molecule is CNCC(C)C(=O)NCCSC(F)(F)F.Cl. The molecule has 0 radical (unpaired) electrons. The average Bonchev–Trinajstić information content (AvgIpc) is 2.11. The van der Waals surface area contributed by atoms with Gasteiger partial charge in [0, 0.05) is 24.8 Å². The second kappa shape index (κ2) is 8.95. The summed E-state index contributed by atoms with van der Waals surface area (Å²) in [6.45, 7) is 2.26. The minimum absolute atomic E-state index is 0. The molecule has 0 saturated heterocycles. The quantitative estimate of drug-likeness (QED) is 0.727. The van der Waals surface area contributed by atoms with E-state index in [4.69, 9.17) is 0 Å². The fraction of sp³-hybridized carbons (Fsp3) is 0.875. The zero-order valence-corrected chi connectivity index (χ0v) is 10.7. The van der Waals surface area contributed by atoms with Gasteiger partial charge in [0.2, 0.25) is 5.91 Å². The van der Waals surface area contributed by atoms with Crippen molar-refractivity contribution in [3.05, 3.63) is 0 Å². The highest BCUT2D eigenvalue weighted by atomic mass is 35.5. The van der Waals surface area contributed by atoms with Crippen molar-refractivity contribution in [3.8, 4) is 0 Å². The molecule has 0 fully saturated rings. The van der Waals surface area contributed by atoms with Crippen molar-refractivity contribution in [2.45, 2.75) is 12.4 Å². The molecule has 0 aromatic heterocycles. The molecule has 2 N–H and O–H groups in total. The Morgan fingerprint density at radius 1 is 1.44 bits per heavy atom. The summed E-state index contributed by atoms with van der Waals surface area (Å²) < 4.78 is 35.1. The number of amides is 1. The summed E-state index contributed by atoms with van der Waals surface area (Å²) in [6.07, 6.45) is 0. The van der Waals surface area contributed by atoms with E-state index in [1.54, 1.807) is 14.0 Å². The van der Waals surface area contributed by atoms with E-state index in [0.717, 1.165) is 0 Å². The second-order valence-corrected chi connectivity index (χ2v) is 4.20. The van der Waals surface area contributed by atoms with E-state index in [1.165, 1.54) is 0 Å². The second-order valence-electron chi connectivity index (χ2n) is 3.04. The van der Waals surface area contributed by atoms with Gasteiger partial charge in [-0.2, -0.15) is 13.2 Å². The van der Waals surface area contributed by atoms with Gasteiger partial charge in [-0.15, -0.1) is 12.4 Å². The molecule has 0 aromatic rings. The molecule has 0 saturated carbocycles. The third kappa shape index (κ3) is 10.4. The van der Waals surface area contributed by atoms with Gasteiger partial charge in [0.05, 0.1) is 0 Å². The molecule has 0 aliphatic heterocycles. The van der Waals surface area contributed by atoms with Gasteiger partial charge in [0.25, 0.3) is 0 Å². The molecule has 0 aromatic carbocycles. The molecular weight excluding hydrogens is 265 g/mol. The lowest BCUT2D eigenvalue weighted by molar-refractivity contribution is -0.124. The Hall–Kier alpha value is -0.140. The first-order chi connectivity index (χ1) is 6.87. The predicted molar refractivity (Wildman–Crippen MR) is 61.9 cm³/mol. The first-order valence-corrected chi connectivity index (χ1v) is 5.48. The van der Waals surface area contributed by atoms with Crippen LogP contribution in [0.3, 0.4) is 0 Å². The van der Waals surface area contributed by atoms with E-state index >= 15 is 0 Å². The van der Waals surface area contributed by atoms with Crippen molar-refractivity contribution < 1.29 is 18.0 Å². The lowest BCUT2D eigenvalue weighted by atomic mass is 10.1. The summed E-state index contributed by atoms with van der Waals surface area (Å²) in [4.78, 5) is 11.2. The molecule has 1 amide bonds. The van der Waals surface area contributed by atoms with E-state index < -0.39 is 5.51 Å². The van der Waals surface area contributed by atoms with Crippen LogP contribution in [-0.4, -0.2) is 37.3 Å². The molecule has 0 aliphatic carbocycles. The fourth-order valence-electron chi connectivity index (χ4n) is 0.914. The summed E-state index contributed by atoms with van der Waals surface area (Å²) in [7, 11) is 1.71. The minimum Gasteiger partial charge on any atom is -0.355 e. The molecule has 98 valence electrons. The van der Waals surface area contributed by atoms with Crippen molar-refractivity contribution in [2.75, 3.05) is 25.9 Å². The minimum atomic E-state index is -4.22. The maximum absolute atomic E-state index is 11.7. The van der Waals surface area contributed by atoms with E-state index in [2.05, 4.69) is 10.6 Å². The molecule has 16 heavy (non-hydrogen) atoms. The van der Waals surface area contributed by atoms with Gasteiger partial charge in [-0.25, -0.2) is 0 Å². The van der Waals surface area contributed by atoms with E-state index in [-0.39, 0.29) is 48.3 Å². The molecule has 0 heterocycles. The molecule has 0 bridgehead atoms. The van der Waals surface area contributed by atoms with Gasteiger partial charge in [-0.3, -0.25) is 4.79 Å². The highest BCUT2D eigenvalue weighted by Gasteiger charge is 2.27. The smallest absolute Gasteiger partial charge is 0.355 e. The summed E-state index contributed by atoms with van der Waals surface area (Å²) in [5.41, 5.74) is -4.22. The van der Waals surface area contributed by atoms with Crippen LogP contribution < -0.4 is 10.6 Å². The van der Waals surface area contributed by atoms with Crippen LogP contribution in [0.25, 0.3) is 0 Å². The third-order valence-corrected chi connectivity index (χ3v) is 2.36. The molecule has 1 unspecified atom stereocenters. The van der Waals surface area contributed by atoms with Gasteiger partial charge in [-0.1, -0.05) is 6.92 Å². The Labute approximate surface area is 103 Å². The van der Waals surface area contributed by atoms with Gasteiger partial charge >= 0.3 is 5.51 Å². The molecule has 0 spiro atoms.